The number of aryl methyl sites for hydroxylation is 1. The van der Waals surface area contributed by atoms with Gasteiger partial charge in [-0.15, -0.1) is 0 Å². The maximum Gasteiger partial charge on any atom is 0.240 e. The predicted molar refractivity (Wildman–Crippen MR) is 128 cm³/mol. The van der Waals surface area contributed by atoms with Gasteiger partial charge in [0.2, 0.25) is 11.8 Å². The Morgan fingerprint density at radius 3 is 2.39 bits per heavy atom. The van der Waals surface area contributed by atoms with Crippen LogP contribution in [0.4, 0.5) is 20.2 Å². The molecule has 8 nitrogen and oxygen atoms in total. The van der Waals surface area contributed by atoms with Gasteiger partial charge >= 0.3 is 0 Å². The van der Waals surface area contributed by atoms with E-state index < -0.39 is 28.9 Å². The van der Waals surface area contributed by atoms with Gasteiger partial charge in [0, 0.05) is 48.5 Å². The van der Waals surface area contributed by atoms with Crippen LogP contribution in [0, 0.1) is 17.0 Å². The number of rotatable bonds is 7. The van der Waals surface area contributed by atoms with E-state index in [-0.39, 0.29) is 17.1 Å². The summed E-state index contributed by atoms with van der Waals surface area (Å²) < 4.78 is 35.5. The molecule has 5 rings (SSSR count). The highest BCUT2D eigenvalue weighted by Gasteiger charge is 2.56. The third kappa shape index (κ3) is 4.78. The number of pyridine rings is 1. The van der Waals surface area contributed by atoms with Gasteiger partial charge in [0.05, 0.1) is 11.9 Å². The first kappa shape index (κ1) is 23.2. The zero-order chi connectivity index (χ0) is 25.3. The average molecular weight is 489 g/mol. The second kappa shape index (κ2) is 9.21. The Balaban J connectivity index is 1.25. The first-order valence-corrected chi connectivity index (χ1v) is 11.1. The van der Waals surface area contributed by atoms with Crippen LogP contribution in [-0.4, -0.2) is 26.6 Å². The quantitative estimate of drug-likeness (QED) is 0.360. The predicted octanol–water partition coefficient (Wildman–Crippen LogP) is 4.91. The number of hydrogen-bond acceptors (Lipinski definition) is 5. The van der Waals surface area contributed by atoms with Crippen molar-refractivity contribution in [3.63, 3.8) is 0 Å². The van der Waals surface area contributed by atoms with Crippen LogP contribution in [-0.2, 0) is 16.6 Å². The fraction of sp³-hybridized carbons (Fsp3) is 0.154. The van der Waals surface area contributed by atoms with Crippen molar-refractivity contribution in [2.75, 3.05) is 10.6 Å². The molecule has 1 aliphatic carbocycles. The van der Waals surface area contributed by atoms with E-state index in [9.17, 15) is 18.4 Å². The molecule has 0 radical (unpaired) electrons. The molecule has 1 fully saturated rings. The van der Waals surface area contributed by atoms with Crippen molar-refractivity contribution in [3.8, 4) is 22.8 Å². The van der Waals surface area contributed by atoms with Crippen LogP contribution in [0.3, 0.4) is 0 Å². The second-order valence-corrected chi connectivity index (χ2v) is 8.53. The van der Waals surface area contributed by atoms with Crippen LogP contribution in [0.25, 0.3) is 11.3 Å². The SMILES string of the molecule is Cn1cc(-c2cc(Oc3ccc(NC(=O)C4(C(=O)Nc5cccc(F)c5)CC4)cc3F)ccn2)cn1. The molecule has 182 valence electrons. The number of nitrogens with one attached hydrogen (secondary N) is 2. The lowest BCUT2D eigenvalue weighted by atomic mass is 10.0. The van der Waals surface area contributed by atoms with Gasteiger partial charge in [-0.25, -0.2) is 8.78 Å². The standard InChI is InChI=1S/C26H21F2N5O3/c1-33-15-16(14-30-33)22-13-20(7-10-29-22)36-23-6-5-19(12-21(23)28)32-25(35)26(8-9-26)24(34)31-18-4-2-3-17(27)11-18/h2-7,10-15H,8-9H2,1H3,(H,31,34)(H,32,35). The van der Waals surface area contributed by atoms with Crippen molar-refractivity contribution < 1.29 is 23.1 Å². The number of anilines is 2. The molecule has 2 amide bonds. The van der Waals surface area contributed by atoms with E-state index in [4.69, 9.17) is 4.74 Å². The average Bonchev–Trinajstić information content (AvgIpc) is 3.56. The summed E-state index contributed by atoms with van der Waals surface area (Å²) in [5.41, 5.74) is 0.570. The summed E-state index contributed by atoms with van der Waals surface area (Å²) in [6.45, 7) is 0. The van der Waals surface area contributed by atoms with Crippen molar-refractivity contribution in [1.82, 2.24) is 14.8 Å². The molecule has 10 heteroatoms. The summed E-state index contributed by atoms with van der Waals surface area (Å²) in [5.74, 6) is -1.94. The number of hydrogen-bond donors (Lipinski definition) is 2. The molecule has 0 unspecified atom stereocenters. The van der Waals surface area contributed by atoms with Crippen molar-refractivity contribution in [3.05, 3.63) is 84.8 Å². The molecule has 2 aromatic carbocycles. The Morgan fingerprint density at radius 2 is 1.75 bits per heavy atom. The Kier molecular flexibility index (Phi) is 5.93. The lowest BCUT2D eigenvalue weighted by Gasteiger charge is -2.16. The number of benzene rings is 2. The summed E-state index contributed by atoms with van der Waals surface area (Å²) in [6.07, 6.45) is 5.69. The molecule has 1 aliphatic rings. The van der Waals surface area contributed by atoms with Gasteiger partial charge in [-0.2, -0.15) is 5.10 Å². The van der Waals surface area contributed by atoms with Crippen LogP contribution in [0.2, 0.25) is 0 Å². The van der Waals surface area contributed by atoms with Crippen LogP contribution in [0.15, 0.2) is 73.2 Å². The molecular weight excluding hydrogens is 468 g/mol. The van der Waals surface area contributed by atoms with Crippen LogP contribution < -0.4 is 15.4 Å². The molecular formula is C26H21F2N5O3. The largest absolute Gasteiger partial charge is 0.454 e. The number of carbonyl (C=O) groups excluding carboxylic acids is 2. The van der Waals surface area contributed by atoms with Crippen molar-refractivity contribution in [2.24, 2.45) is 12.5 Å². The van der Waals surface area contributed by atoms with E-state index in [0.29, 0.717) is 24.3 Å². The van der Waals surface area contributed by atoms with E-state index in [2.05, 4.69) is 20.7 Å². The molecule has 1 saturated carbocycles. The van der Waals surface area contributed by atoms with E-state index >= 15 is 0 Å². The Bertz CT molecular complexity index is 1470. The molecule has 0 spiro atoms. The van der Waals surface area contributed by atoms with Gasteiger partial charge < -0.3 is 15.4 Å². The Morgan fingerprint density at radius 1 is 1.00 bits per heavy atom. The first-order valence-electron chi connectivity index (χ1n) is 11.1. The van der Waals surface area contributed by atoms with Crippen LogP contribution in [0.5, 0.6) is 11.5 Å². The first-order chi connectivity index (χ1) is 17.3. The number of amides is 2. The van der Waals surface area contributed by atoms with Crippen molar-refractivity contribution >= 4 is 23.2 Å². The van der Waals surface area contributed by atoms with E-state index in [0.717, 1.165) is 11.6 Å². The Labute approximate surface area is 204 Å². The second-order valence-electron chi connectivity index (χ2n) is 8.53. The number of aromatic nitrogens is 3. The molecule has 2 heterocycles. The maximum absolute atomic E-state index is 14.8. The maximum atomic E-state index is 14.8. The van der Waals surface area contributed by atoms with Gasteiger partial charge in [0.1, 0.15) is 17.0 Å². The highest BCUT2D eigenvalue weighted by Crippen LogP contribution is 2.47. The monoisotopic (exact) mass is 489 g/mol. The van der Waals surface area contributed by atoms with Gasteiger partial charge in [-0.05, 0) is 49.2 Å². The minimum Gasteiger partial charge on any atom is -0.454 e. The molecule has 4 aromatic rings. The molecule has 0 bridgehead atoms. The summed E-state index contributed by atoms with van der Waals surface area (Å²) in [5, 5.41) is 9.28. The third-order valence-corrected chi connectivity index (χ3v) is 5.85. The van der Waals surface area contributed by atoms with Gasteiger partial charge in [-0.3, -0.25) is 19.3 Å². The summed E-state index contributed by atoms with van der Waals surface area (Å²) in [6, 6.07) is 12.7. The highest BCUT2D eigenvalue weighted by molar-refractivity contribution is 6.16. The third-order valence-electron chi connectivity index (χ3n) is 5.85. The molecule has 36 heavy (non-hydrogen) atoms. The summed E-state index contributed by atoms with van der Waals surface area (Å²) in [4.78, 5) is 29.8. The van der Waals surface area contributed by atoms with Gasteiger partial charge in [0.15, 0.2) is 11.6 Å². The van der Waals surface area contributed by atoms with Crippen LogP contribution >= 0.6 is 0 Å². The fourth-order valence-corrected chi connectivity index (χ4v) is 3.72. The van der Waals surface area contributed by atoms with Crippen LogP contribution in [0.1, 0.15) is 12.8 Å². The molecule has 0 saturated heterocycles. The summed E-state index contributed by atoms with van der Waals surface area (Å²) in [7, 11) is 1.79. The Hall–Kier alpha value is -4.60. The smallest absolute Gasteiger partial charge is 0.240 e. The van der Waals surface area contributed by atoms with E-state index in [1.807, 2.05) is 0 Å². The topological polar surface area (TPSA) is 98.1 Å². The highest BCUT2D eigenvalue weighted by atomic mass is 19.1. The number of ether oxygens (including phenoxy) is 1. The number of halogens is 2. The minimum absolute atomic E-state index is 0.0404. The van der Waals surface area contributed by atoms with Gasteiger partial charge in [0.25, 0.3) is 0 Å². The zero-order valence-corrected chi connectivity index (χ0v) is 19.2. The van der Waals surface area contributed by atoms with Crippen molar-refractivity contribution in [1.29, 1.82) is 0 Å². The lowest BCUT2D eigenvalue weighted by molar-refractivity contribution is -0.131. The fourth-order valence-electron chi connectivity index (χ4n) is 3.72. The number of carbonyl (C=O) groups is 2. The van der Waals surface area contributed by atoms with Gasteiger partial charge in [-0.1, -0.05) is 6.07 Å². The van der Waals surface area contributed by atoms with E-state index in [1.54, 1.807) is 42.5 Å². The molecule has 2 aromatic heterocycles. The van der Waals surface area contributed by atoms with E-state index in [1.165, 1.54) is 36.4 Å². The number of nitrogens with zero attached hydrogens (tertiary/aromatic N) is 3. The zero-order valence-electron chi connectivity index (χ0n) is 19.2. The molecule has 2 N–H and O–H groups in total. The summed E-state index contributed by atoms with van der Waals surface area (Å²) >= 11 is 0. The normalized spacial score (nSPS) is 13.6. The van der Waals surface area contributed by atoms with Crippen molar-refractivity contribution in [2.45, 2.75) is 12.8 Å². The minimum atomic E-state index is -1.28. The molecule has 0 aliphatic heterocycles. The lowest BCUT2D eigenvalue weighted by Crippen LogP contribution is -2.35. The molecule has 0 atom stereocenters.